The Morgan fingerprint density at radius 3 is 2.11 bits per heavy atom. The minimum absolute atomic E-state index is 0.0963. The number of carbonyl (C=O) groups excluding carboxylic acids is 3. The molecule has 192 valence electrons. The van der Waals surface area contributed by atoms with Crippen LogP contribution in [-0.4, -0.2) is 59.7 Å². The Morgan fingerprint density at radius 1 is 0.889 bits per heavy atom. The molecule has 2 saturated heterocycles. The molecule has 1 atom stereocenters. The SMILES string of the molecule is Cc1cccc(C(=O)N[C@@H](C(=O)N2CCCC2)C2CCN(C(=O)c3ccc(C(F)(F)F)cc3)CC2)c1. The second-order valence-electron chi connectivity index (χ2n) is 9.56. The molecular weight excluding hydrogens is 471 g/mol. The fraction of sp³-hybridized carbons (Fsp3) is 0.444. The molecule has 2 heterocycles. The number of rotatable bonds is 5. The van der Waals surface area contributed by atoms with Crippen LogP contribution >= 0.6 is 0 Å². The highest BCUT2D eigenvalue weighted by Crippen LogP contribution is 2.30. The van der Waals surface area contributed by atoms with Gasteiger partial charge in [0.25, 0.3) is 11.8 Å². The van der Waals surface area contributed by atoms with Crippen molar-refractivity contribution in [1.29, 1.82) is 0 Å². The lowest BCUT2D eigenvalue weighted by atomic mass is 9.88. The number of hydrogen-bond donors (Lipinski definition) is 1. The Morgan fingerprint density at radius 2 is 1.53 bits per heavy atom. The van der Waals surface area contributed by atoms with Crippen LogP contribution in [0.3, 0.4) is 0 Å². The van der Waals surface area contributed by atoms with Crippen LogP contribution in [0.2, 0.25) is 0 Å². The highest BCUT2D eigenvalue weighted by atomic mass is 19.4. The maximum absolute atomic E-state index is 13.4. The van der Waals surface area contributed by atoms with Gasteiger partial charge in [-0.25, -0.2) is 0 Å². The molecule has 0 aromatic heterocycles. The predicted octanol–water partition coefficient (Wildman–Crippen LogP) is 4.29. The van der Waals surface area contributed by atoms with E-state index >= 15 is 0 Å². The number of alkyl halides is 3. The molecule has 3 amide bonds. The van der Waals surface area contributed by atoms with Gasteiger partial charge in [-0.3, -0.25) is 14.4 Å². The van der Waals surface area contributed by atoms with Gasteiger partial charge in [0.1, 0.15) is 6.04 Å². The highest BCUT2D eigenvalue weighted by molar-refractivity contribution is 5.98. The first-order valence-electron chi connectivity index (χ1n) is 12.3. The van der Waals surface area contributed by atoms with Crippen LogP contribution in [-0.2, 0) is 11.0 Å². The van der Waals surface area contributed by atoms with Gasteiger partial charge in [-0.15, -0.1) is 0 Å². The molecular formula is C27H30F3N3O3. The van der Waals surface area contributed by atoms with Crippen molar-refractivity contribution in [2.75, 3.05) is 26.2 Å². The molecule has 9 heteroatoms. The van der Waals surface area contributed by atoms with Crippen LogP contribution < -0.4 is 5.32 Å². The van der Waals surface area contributed by atoms with E-state index in [1.54, 1.807) is 28.0 Å². The first kappa shape index (κ1) is 25.7. The van der Waals surface area contributed by atoms with E-state index in [9.17, 15) is 27.6 Å². The van der Waals surface area contributed by atoms with Crippen molar-refractivity contribution >= 4 is 17.7 Å². The average Bonchev–Trinajstić information content (AvgIpc) is 3.41. The van der Waals surface area contributed by atoms with Gasteiger partial charge in [0.05, 0.1) is 5.56 Å². The quantitative estimate of drug-likeness (QED) is 0.665. The van der Waals surface area contributed by atoms with Crippen molar-refractivity contribution in [2.24, 2.45) is 5.92 Å². The standard InChI is InChI=1S/C27H30F3N3O3/c1-18-5-4-6-21(17-18)24(34)31-23(26(36)32-13-2-3-14-32)19-11-15-33(16-12-19)25(35)20-7-9-22(10-8-20)27(28,29)30/h4-10,17,19,23H,2-3,11-16H2,1H3,(H,31,34)/t23-/m1/s1. The second-order valence-corrected chi connectivity index (χ2v) is 9.56. The lowest BCUT2D eigenvalue weighted by Crippen LogP contribution is -2.54. The number of nitrogens with zero attached hydrogens (tertiary/aromatic N) is 2. The van der Waals surface area contributed by atoms with Crippen molar-refractivity contribution in [3.8, 4) is 0 Å². The number of piperidine rings is 1. The van der Waals surface area contributed by atoms with E-state index in [-0.39, 0.29) is 29.2 Å². The molecule has 6 nitrogen and oxygen atoms in total. The molecule has 0 saturated carbocycles. The van der Waals surface area contributed by atoms with Crippen LogP contribution in [0.4, 0.5) is 13.2 Å². The Kier molecular flexibility index (Phi) is 7.66. The summed E-state index contributed by atoms with van der Waals surface area (Å²) in [7, 11) is 0. The molecule has 2 aromatic rings. The Balaban J connectivity index is 1.44. The molecule has 2 aliphatic heterocycles. The minimum atomic E-state index is -4.46. The van der Waals surface area contributed by atoms with Crippen molar-refractivity contribution in [2.45, 2.75) is 44.8 Å². The number of aryl methyl sites for hydroxylation is 1. The van der Waals surface area contributed by atoms with Crippen LogP contribution in [0.1, 0.15) is 57.5 Å². The summed E-state index contributed by atoms with van der Waals surface area (Å²) in [6, 6.07) is 10.7. The monoisotopic (exact) mass is 501 g/mol. The zero-order valence-electron chi connectivity index (χ0n) is 20.2. The van der Waals surface area contributed by atoms with Gasteiger partial charge in [-0.2, -0.15) is 13.2 Å². The fourth-order valence-electron chi connectivity index (χ4n) is 4.95. The largest absolute Gasteiger partial charge is 0.416 e. The maximum atomic E-state index is 13.4. The smallest absolute Gasteiger partial charge is 0.341 e. The Hall–Kier alpha value is -3.36. The summed E-state index contributed by atoms with van der Waals surface area (Å²) in [5.74, 6) is -0.891. The van der Waals surface area contributed by atoms with E-state index in [0.717, 1.165) is 30.5 Å². The van der Waals surface area contributed by atoms with Gasteiger partial charge in [0.2, 0.25) is 5.91 Å². The van der Waals surface area contributed by atoms with Crippen molar-refractivity contribution < 1.29 is 27.6 Å². The maximum Gasteiger partial charge on any atom is 0.416 e. The first-order valence-corrected chi connectivity index (χ1v) is 12.3. The normalized spacial score (nSPS) is 17.7. The summed E-state index contributed by atoms with van der Waals surface area (Å²) in [6.45, 7) is 3.94. The summed E-state index contributed by atoms with van der Waals surface area (Å²) in [6.07, 6.45) is -1.58. The van der Waals surface area contributed by atoms with Gasteiger partial charge in [-0.1, -0.05) is 17.7 Å². The molecule has 2 fully saturated rings. The Bertz CT molecular complexity index is 1100. The first-order chi connectivity index (χ1) is 17.1. The lowest BCUT2D eigenvalue weighted by Gasteiger charge is -2.37. The molecule has 0 unspecified atom stereocenters. The van der Waals surface area contributed by atoms with Crippen molar-refractivity contribution in [3.05, 3.63) is 70.8 Å². The lowest BCUT2D eigenvalue weighted by molar-refractivity contribution is -0.137. The summed E-state index contributed by atoms with van der Waals surface area (Å²) in [4.78, 5) is 42.6. The molecule has 2 aliphatic rings. The van der Waals surface area contributed by atoms with E-state index in [2.05, 4.69) is 5.32 Å². The third-order valence-corrected chi connectivity index (χ3v) is 7.01. The van der Waals surface area contributed by atoms with Gasteiger partial charge in [0.15, 0.2) is 0 Å². The number of benzene rings is 2. The van der Waals surface area contributed by atoms with E-state index in [1.165, 1.54) is 12.1 Å². The van der Waals surface area contributed by atoms with Crippen LogP contribution in [0.5, 0.6) is 0 Å². The summed E-state index contributed by atoms with van der Waals surface area (Å²) in [5, 5.41) is 2.96. The summed E-state index contributed by atoms with van der Waals surface area (Å²) >= 11 is 0. The van der Waals surface area contributed by atoms with Crippen molar-refractivity contribution in [3.63, 3.8) is 0 Å². The molecule has 1 N–H and O–H groups in total. The summed E-state index contributed by atoms with van der Waals surface area (Å²) < 4.78 is 38.5. The van der Waals surface area contributed by atoms with Gasteiger partial charge < -0.3 is 15.1 Å². The third-order valence-electron chi connectivity index (χ3n) is 7.01. The molecule has 0 radical (unpaired) electrons. The Labute approximate surface area is 208 Å². The number of hydrogen-bond acceptors (Lipinski definition) is 3. The van der Waals surface area contributed by atoms with Gasteiger partial charge >= 0.3 is 6.18 Å². The fourth-order valence-corrected chi connectivity index (χ4v) is 4.95. The van der Waals surface area contributed by atoms with E-state index in [1.807, 2.05) is 13.0 Å². The average molecular weight is 502 g/mol. The number of carbonyl (C=O) groups is 3. The van der Waals surface area contributed by atoms with E-state index < -0.39 is 17.8 Å². The molecule has 4 rings (SSSR count). The number of nitrogens with one attached hydrogen (secondary N) is 1. The number of likely N-dealkylation sites (tertiary alicyclic amines) is 2. The number of amides is 3. The molecule has 0 bridgehead atoms. The van der Waals surface area contributed by atoms with Gasteiger partial charge in [-0.05, 0) is 74.9 Å². The summed E-state index contributed by atoms with van der Waals surface area (Å²) in [5.41, 5.74) is 0.827. The number of halogens is 3. The van der Waals surface area contributed by atoms with Gasteiger partial charge in [0, 0.05) is 37.3 Å². The second kappa shape index (κ2) is 10.7. The minimum Gasteiger partial charge on any atom is -0.341 e. The highest BCUT2D eigenvalue weighted by Gasteiger charge is 2.37. The zero-order chi connectivity index (χ0) is 25.9. The van der Waals surface area contributed by atoms with E-state index in [4.69, 9.17) is 0 Å². The van der Waals surface area contributed by atoms with E-state index in [0.29, 0.717) is 44.6 Å². The van der Waals surface area contributed by atoms with Crippen molar-refractivity contribution in [1.82, 2.24) is 15.1 Å². The van der Waals surface area contributed by atoms with Crippen LogP contribution in [0, 0.1) is 12.8 Å². The predicted molar refractivity (Wildman–Crippen MR) is 128 cm³/mol. The third kappa shape index (κ3) is 5.88. The van der Waals surface area contributed by atoms with Crippen LogP contribution in [0.15, 0.2) is 48.5 Å². The molecule has 0 aliphatic carbocycles. The molecule has 0 spiro atoms. The molecule has 36 heavy (non-hydrogen) atoms. The zero-order valence-corrected chi connectivity index (χ0v) is 20.2. The van der Waals surface area contributed by atoms with Crippen LogP contribution in [0.25, 0.3) is 0 Å². The topological polar surface area (TPSA) is 69.7 Å². The molecule has 2 aromatic carbocycles.